The summed E-state index contributed by atoms with van der Waals surface area (Å²) in [5, 5.41) is 0. The Morgan fingerprint density at radius 2 is 2.19 bits per heavy atom. The normalized spacial score (nSPS) is 18.0. The maximum Gasteiger partial charge on any atom is 0.255 e. The predicted molar refractivity (Wildman–Crippen MR) is 97.5 cm³/mol. The monoisotopic (exact) mass is 377 g/mol. The molecule has 1 saturated heterocycles. The van der Waals surface area contributed by atoms with E-state index in [1.54, 1.807) is 41.6 Å². The second kappa shape index (κ2) is 7.96. The van der Waals surface area contributed by atoms with Gasteiger partial charge in [-0.15, -0.1) is 0 Å². The van der Waals surface area contributed by atoms with E-state index in [2.05, 4.69) is 14.7 Å². The van der Waals surface area contributed by atoms with Gasteiger partial charge in [-0.25, -0.2) is 23.1 Å². The third kappa shape index (κ3) is 4.67. The fraction of sp³-hybridized carbons (Fsp3) is 0.471. The molecular weight excluding hydrogens is 354 g/mol. The van der Waals surface area contributed by atoms with Crippen molar-refractivity contribution >= 4 is 15.9 Å². The van der Waals surface area contributed by atoms with Crippen LogP contribution in [0.25, 0.3) is 5.82 Å². The van der Waals surface area contributed by atoms with Gasteiger partial charge in [-0.3, -0.25) is 9.36 Å². The average Bonchev–Trinajstić information content (AvgIpc) is 3.15. The molecule has 0 radical (unpaired) electrons. The Labute approximate surface area is 153 Å². The molecule has 1 amide bonds. The van der Waals surface area contributed by atoms with Crippen LogP contribution >= 0.6 is 0 Å². The minimum absolute atomic E-state index is 0.0406. The molecule has 0 saturated carbocycles. The number of aromatic nitrogens is 3. The van der Waals surface area contributed by atoms with Gasteiger partial charge in [-0.05, 0) is 37.8 Å². The first-order valence-electron chi connectivity index (χ1n) is 8.64. The lowest BCUT2D eigenvalue weighted by atomic mass is 9.98. The maximum absolute atomic E-state index is 12.9. The van der Waals surface area contributed by atoms with Crippen LogP contribution in [-0.4, -0.2) is 59.1 Å². The van der Waals surface area contributed by atoms with Crippen LogP contribution in [0.4, 0.5) is 0 Å². The summed E-state index contributed by atoms with van der Waals surface area (Å²) in [6.45, 7) is 1.02. The molecule has 3 heterocycles. The van der Waals surface area contributed by atoms with Gasteiger partial charge < -0.3 is 4.90 Å². The van der Waals surface area contributed by atoms with Gasteiger partial charge in [0.05, 0.1) is 11.8 Å². The number of hydrogen-bond donors (Lipinski definition) is 1. The number of sulfonamides is 1. The molecule has 0 aliphatic carbocycles. The van der Waals surface area contributed by atoms with E-state index >= 15 is 0 Å². The number of amides is 1. The lowest BCUT2D eigenvalue weighted by Crippen LogP contribution is -2.45. The van der Waals surface area contributed by atoms with Crippen molar-refractivity contribution in [2.45, 2.75) is 31.7 Å². The fourth-order valence-electron chi connectivity index (χ4n) is 3.20. The van der Waals surface area contributed by atoms with Crippen LogP contribution < -0.4 is 4.72 Å². The van der Waals surface area contributed by atoms with Crippen LogP contribution in [0.1, 0.15) is 36.0 Å². The molecule has 2 aromatic heterocycles. The molecule has 0 aromatic carbocycles. The third-order valence-corrected chi connectivity index (χ3v) is 5.22. The molecule has 26 heavy (non-hydrogen) atoms. The summed E-state index contributed by atoms with van der Waals surface area (Å²) >= 11 is 0. The van der Waals surface area contributed by atoms with E-state index in [4.69, 9.17) is 0 Å². The maximum atomic E-state index is 12.9. The Morgan fingerprint density at radius 3 is 2.85 bits per heavy atom. The second-order valence-corrected chi connectivity index (χ2v) is 8.31. The Hall–Kier alpha value is -2.26. The first-order chi connectivity index (χ1) is 12.4. The van der Waals surface area contributed by atoms with Gasteiger partial charge >= 0.3 is 0 Å². The van der Waals surface area contributed by atoms with Crippen molar-refractivity contribution in [1.29, 1.82) is 0 Å². The van der Waals surface area contributed by atoms with E-state index in [0.29, 0.717) is 30.9 Å². The zero-order valence-electron chi connectivity index (χ0n) is 14.7. The van der Waals surface area contributed by atoms with Crippen molar-refractivity contribution in [3.8, 4) is 5.82 Å². The minimum Gasteiger partial charge on any atom is -0.336 e. The number of imidazole rings is 1. The van der Waals surface area contributed by atoms with Gasteiger partial charge in [0.1, 0.15) is 12.1 Å². The molecule has 1 atom stereocenters. The molecule has 0 spiro atoms. The molecule has 0 unspecified atom stereocenters. The van der Waals surface area contributed by atoms with E-state index in [-0.39, 0.29) is 11.9 Å². The number of pyridine rings is 1. The number of likely N-dealkylation sites (tertiary alicyclic amines) is 1. The van der Waals surface area contributed by atoms with Crippen LogP contribution in [0, 0.1) is 0 Å². The summed E-state index contributed by atoms with van der Waals surface area (Å²) in [7, 11) is -3.21. The second-order valence-electron chi connectivity index (χ2n) is 6.48. The highest BCUT2D eigenvalue weighted by atomic mass is 32.2. The van der Waals surface area contributed by atoms with E-state index < -0.39 is 10.0 Å². The van der Waals surface area contributed by atoms with Crippen molar-refractivity contribution in [3.05, 3.63) is 42.6 Å². The van der Waals surface area contributed by atoms with Crippen LogP contribution in [0.15, 0.2) is 37.1 Å². The van der Waals surface area contributed by atoms with Gasteiger partial charge in [0.25, 0.3) is 5.91 Å². The predicted octanol–water partition coefficient (Wildman–Crippen LogP) is 1.20. The number of carbonyl (C=O) groups is 1. The van der Waals surface area contributed by atoms with Gasteiger partial charge in [-0.2, -0.15) is 0 Å². The van der Waals surface area contributed by atoms with Crippen LogP contribution in [0.3, 0.4) is 0 Å². The topological polar surface area (TPSA) is 97.2 Å². The van der Waals surface area contributed by atoms with E-state index in [1.165, 1.54) is 0 Å². The molecule has 8 nitrogen and oxygen atoms in total. The number of carbonyl (C=O) groups excluding carboxylic acids is 1. The lowest BCUT2D eigenvalue weighted by Gasteiger charge is -2.36. The standard InChI is InChI=1S/C17H23N5O3S/c1-26(24,25)20-8-7-15-4-2-3-10-22(15)17(23)14-5-6-16(19-12-14)21-11-9-18-13-21/h5-6,9,11-13,15,20H,2-4,7-8,10H2,1H3/t15-/m0/s1. The van der Waals surface area contributed by atoms with Crippen LogP contribution in [-0.2, 0) is 10.0 Å². The Balaban J connectivity index is 1.67. The van der Waals surface area contributed by atoms with Crippen molar-refractivity contribution in [3.63, 3.8) is 0 Å². The van der Waals surface area contributed by atoms with Crippen LogP contribution in [0.5, 0.6) is 0 Å². The van der Waals surface area contributed by atoms with E-state index in [1.807, 2.05) is 4.90 Å². The smallest absolute Gasteiger partial charge is 0.255 e. The quantitative estimate of drug-likeness (QED) is 0.816. The lowest BCUT2D eigenvalue weighted by molar-refractivity contribution is 0.0603. The van der Waals surface area contributed by atoms with Crippen molar-refractivity contribution in [2.24, 2.45) is 0 Å². The summed E-state index contributed by atoms with van der Waals surface area (Å²) in [6.07, 6.45) is 11.3. The molecule has 0 bridgehead atoms. The third-order valence-electron chi connectivity index (χ3n) is 4.49. The molecule has 1 N–H and O–H groups in total. The number of rotatable bonds is 6. The highest BCUT2D eigenvalue weighted by Gasteiger charge is 2.27. The van der Waals surface area contributed by atoms with Crippen molar-refractivity contribution in [1.82, 2.24) is 24.2 Å². The first kappa shape index (κ1) is 18.5. The number of piperidine rings is 1. The van der Waals surface area contributed by atoms with E-state index in [9.17, 15) is 13.2 Å². The van der Waals surface area contributed by atoms with Crippen molar-refractivity contribution in [2.75, 3.05) is 19.3 Å². The van der Waals surface area contributed by atoms with Crippen molar-refractivity contribution < 1.29 is 13.2 Å². The zero-order valence-corrected chi connectivity index (χ0v) is 15.5. The van der Waals surface area contributed by atoms with Gasteiger partial charge in [-0.1, -0.05) is 0 Å². The summed E-state index contributed by atoms with van der Waals surface area (Å²) in [5.74, 6) is 0.644. The molecule has 9 heteroatoms. The summed E-state index contributed by atoms with van der Waals surface area (Å²) < 4.78 is 26.7. The zero-order chi connectivity index (χ0) is 18.6. The SMILES string of the molecule is CS(=O)(=O)NCC[C@@H]1CCCCN1C(=O)c1ccc(-n2ccnc2)nc1. The summed E-state index contributed by atoms with van der Waals surface area (Å²) in [6, 6.07) is 3.60. The molecule has 1 aliphatic heterocycles. The van der Waals surface area contributed by atoms with Gasteiger partial charge in [0.15, 0.2) is 0 Å². The number of nitrogens with zero attached hydrogens (tertiary/aromatic N) is 4. The first-order valence-corrected chi connectivity index (χ1v) is 10.5. The van der Waals surface area contributed by atoms with E-state index in [0.717, 1.165) is 25.5 Å². The average molecular weight is 377 g/mol. The molecule has 1 aliphatic rings. The Bertz CT molecular complexity index is 834. The van der Waals surface area contributed by atoms with Gasteiger partial charge in [0, 0.05) is 37.7 Å². The Kier molecular flexibility index (Phi) is 5.67. The molecular formula is C17H23N5O3S. The fourth-order valence-corrected chi connectivity index (χ4v) is 3.69. The minimum atomic E-state index is -3.21. The summed E-state index contributed by atoms with van der Waals surface area (Å²) in [4.78, 5) is 23.1. The Morgan fingerprint density at radius 1 is 1.35 bits per heavy atom. The largest absolute Gasteiger partial charge is 0.336 e. The highest BCUT2D eigenvalue weighted by Crippen LogP contribution is 2.22. The molecule has 1 fully saturated rings. The van der Waals surface area contributed by atoms with Gasteiger partial charge in [0.2, 0.25) is 10.0 Å². The highest BCUT2D eigenvalue weighted by molar-refractivity contribution is 7.88. The number of hydrogen-bond acceptors (Lipinski definition) is 5. The molecule has 2 aromatic rings. The summed E-state index contributed by atoms with van der Waals surface area (Å²) in [5.41, 5.74) is 0.539. The molecule has 3 rings (SSSR count). The number of nitrogens with one attached hydrogen (secondary N) is 1. The molecule has 140 valence electrons. The van der Waals surface area contributed by atoms with Crippen LogP contribution in [0.2, 0.25) is 0 Å².